The molecule has 0 radical (unpaired) electrons. The monoisotopic (exact) mass is 469 g/mol. The lowest BCUT2D eigenvalue weighted by Gasteiger charge is -2.33. The average molecular weight is 469 g/mol. The summed E-state index contributed by atoms with van der Waals surface area (Å²) in [6, 6.07) is 17.9. The van der Waals surface area contributed by atoms with Gasteiger partial charge in [0.25, 0.3) is 0 Å². The minimum Gasteiger partial charge on any atom is -0.497 e. The number of ether oxygens (including phenoxy) is 1. The first-order chi connectivity index (χ1) is 17.0. The Morgan fingerprint density at radius 2 is 1.69 bits per heavy atom. The van der Waals surface area contributed by atoms with Gasteiger partial charge in [-0.25, -0.2) is 9.29 Å². The van der Waals surface area contributed by atoms with Crippen LogP contribution in [0.25, 0.3) is 0 Å². The van der Waals surface area contributed by atoms with Crippen molar-refractivity contribution in [2.75, 3.05) is 12.0 Å². The third-order valence-electron chi connectivity index (χ3n) is 7.00. The van der Waals surface area contributed by atoms with Gasteiger partial charge in [-0.1, -0.05) is 30.3 Å². The molecule has 174 valence electrons. The van der Waals surface area contributed by atoms with E-state index in [0.717, 1.165) is 22.1 Å². The summed E-state index contributed by atoms with van der Waals surface area (Å²) in [5.41, 5.74) is 2.19. The molecule has 3 aliphatic heterocycles. The number of anilines is 1. The molecule has 3 aromatic carbocycles. The van der Waals surface area contributed by atoms with Crippen molar-refractivity contribution in [2.24, 2.45) is 16.9 Å². The Morgan fingerprint density at radius 1 is 0.943 bits per heavy atom. The molecule has 0 bridgehead atoms. The first-order valence-corrected chi connectivity index (χ1v) is 11.2. The third kappa shape index (κ3) is 3.10. The number of fused-ring (bicyclic) bond motifs is 5. The van der Waals surface area contributed by atoms with Gasteiger partial charge in [0.1, 0.15) is 17.6 Å². The quantitative estimate of drug-likeness (QED) is 0.431. The van der Waals surface area contributed by atoms with Crippen molar-refractivity contribution in [1.82, 2.24) is 5.01 Å². The molecule has 3 heterocycles. The van der Waals surface area contributed by atoms with Crippen molar-refractivity contribution in [3.05, 3.63) is 95.3 Å². The van der Waals surface area contributed by atoms with Crippen LogP contribution in [0.4, 0.5) is 10.1 Å². The van der Waals surface area contributed by atoms with Crippen LogP contribution in [0.15, 0.2) is 77.9 Å². The number of hydrogen-bond donors (Lipinski definition) is 0. The number of Topliss-reactive ketones (excluding diaryl/α,β-unsaturated/α-hetero) is 1. The second kappa shape index (κ2) is 7.87. The molecule has 2 fully saturated rings. The summed E-state index contributed by atoms with van der Waals surface area (Å²) in [6.07, 6.45) is 1.65. The second-order valence-corrected chi connectivity index (χ2v) is 8.78. The molecule has 4 atom stereocenters. The van der Waals surface area contributed by atoms with E-state index in [1.54, 1.807) is 35.5 Å². The minimum absolute atomic E-state index is 0.157. The molecule has 0 spiro atoms. The Bertz CT molecular complexity index is 1400. The van der Waals surface area contributed by atoms with Gasteiger partial charge in [-0.2, -0.15) is 5.10 Å². The smallest absolute Gasteiger partial charge is 0.240 e. The standard InChI is InChI=1S/C27H20FN3O4/c1-35-19-11-9-15(10-12-19)25(32)24-22-21(23-20-8-3-2-5-16(20)14-29-31(23)24)26(33)30(27(22)34)18-7-4-6-17(28)13-18/h2-14,21-24H,1H3/t21-,22-,23+,24-/m0/s1. The van der Waals surface area contributed by atoms with Gasteiger partial charge in [0, 0.05) is 5.56 Å². The van der Waals surface area contributed by atoms with E-state index in [9.17, 15) is 18.8 Å². The van der Waals surface area contributed by atoms with Gasteiger partial charge in [-0.15, -0.1) is 0 Å². The summed E-state index contributed by atoms with van der Waals surface area (Å²) < 4.78 is 19.2. The number of nitrogens with zero attached hydrogens (tertiary/aromatic N) is 3. The highest BCUT2D eigenvalue weighted by Crippen LogP contribution is 2.53. The summed E-state index contributed by atoms with van der Waals surface area (Å²) in [6.45, 7) is 0. The summed E-state index contributed by atoms with van der Waals surface area (Å²) >= 11 is 0. The maximum atomic E-state index is 14.0. The molecule has 3 aromatic rings. The van der Waals surface area contributed by atoms with Gasteiger partial charge in [0.05, 0.1) is 36.9 Å². The van der Waals surface area contributed by atoms with E-state index >= 15 is 0 Å². The van der Waals surface area contributed by atoms with Crippen LogP contribution in [0.1, 0.15) is 27.5 Å². The lowest BCUT2D eigenvalue weighted by atomic mass is 9.83. The number of carbonyl (C=O) groups is 3. The van der Waals surface area contributed by atoms with Crippen LogP contribution < -0.4 is 9.64 Å². The van der Waals surface area contributed by atoms with Gasteiger partial charge in [-0.05, 0) is 53.6 Å². The van der Waals surface area contributed by atoms with Crippen molar-refractivity contribution < 1.29 is 23.5 Å². The van der Waals surface area contributed by atoms with E-state index in [2.05, 4.69) is 5.10 Å². The Labute approximate surface area is 200 Å². The Morgan fingerprint density at radius 3 is 2.43 bits per heavy atom. The molecule has 0 saturated carbocycles. The van der Waals surface area contributed by atoms with E-state index in [4.69, 9.17) is 4.74 Å². The highest BCUT2D eigenvalue weighted by atomic mass is 19.1. The summed E-state index contributed by atoms with van der Waals surface area (Å²) in [7, 11) is 1.53. The number of carbonyl (C=O) groups excluding carboxylic acids is 3. The highest BCUT2D eigenvalue weighted by molar-refractivity contribution is 6.24. The molecule has 8 heteroatoms. The van der Waals surface area contributed by atoms with E-state index in [0.29, 0.717) is 11.3 Å². The van der Waals surface area contributed by atoms with Crippen LogP contribution in [0.2, 0.25) is 0 Å². The summed E-state index contributed by atoms with van der Waals surface area (Å²) in [4.78, 5) is 42.3. The predicted octanol–water partition coefficient (Wildman–Crippen LogP) is 3.60. The molecule has 35 heavy (non-hydrogen) atoms. The fourth-order valence-corrected chi connectivity index (χ4v) is 5.46. The lowest BCUT2D eigenvalue weighted by Crippen LogP contribution is -2.44. The van der Waals surface area contributed by atoms with Crippen molar-refractivity contribution in [3.63, 3.8) is 0 Å². The topological polar surface area (TPSA) is 79.3 Å². The van der Waals surface area contributed by atoms with Crippen molar-refractivity contribution in [3.8, 4) is 5.75 Å². The van der Waals surface area contributed by atoms with Gasteiger partial charge in [0.2, 0.25) is 11.8 Å². The van der Waals surface area contributed by atoms with Crippen LogP contribution in [0.5, 0.6) is 5.75 Å². The molecule has 0 aliphatic carbocycles. The van der Waals surface area contributed by atoms with Crippen LogP contribution in [0, 0.1) is 17.7 Å². The maximum Gasteiger partial charge on any atom is 0.240 e. The molecular formula is C27H20FN3O4. The lowest BCUT2D eigenvalue weighted by molar-refractivity contribution is -0.124. The van der Waals surface area contributed by atoms with Gasteiger partial charge in [-0.3, -0.25) is 19.4 Å². The molecule has 2 amide bonds. The van der Waals surface area contributed by atoms with E-state index in [1.807, 2.05) is 24.3 Å². The summed E-state index contributed by atoms with van der Waals surface area (Å²) in [5.74, 6) is -3.07. The number of benzene rings is 3. The number of amides is 2. The normalized spacial score (nSPS) is 24.3. The maximum absolute atomic E-state index is 14.0. The Kier molecular flexibility index (Phi) is 4.77. The van der Waals surface area contributed by atoms with E-state index < -0.39 is 41.6 Å². The van der Waals surface area contributed by atoms with Crippen LogP contribution >= 0.6 is 0 Å². The SMILES string of the molecule is COc1ccc(C(=O)[C@@H]2[C@H]3C(=O)N(c4cccc(F)c4)C(=O)[C@@H]3[C@H]3c4ccccc4C=NN23)cc1. The van der Waals surface area contributed by atoms with Crippen LogP contribution in [-0.4, -0.2) is 42.0 Å². The van der Waals surface area contributed by atoms with Crippen molar-refractivity contribution in [2.45, 2.75) is 12.1 Å². The van der Waals surface area contributed by atoms with Gasteiger partial charge < -0.3 is 4.74 Å². The second-order valence-electron chi connectivity index (χ2n) is 8.78. The first kappa shape index (κ1) is 21.2. The molecule has 0 N–H and O–H groups in total. The molecule has 7 nitrogen and oxygen atoms in total. The van der Waals surface area contributed by atoms with E-state index in [-0.39, 0.29) is 11.5 Å². The largest absolute Gasteiger partial charge is 0.497 e. The number of halogens is 1. The molecule has 3 aliphatic rings. The predicted molar refractivity (Wildman–Crippen MR) is 126 cm³/mol. The number of ketones is 1. The molecule has 0 unspecified atom stereocenters. The summed E-state index contributed by atoms with van der Waals surface area (Å²) in [5, 5.41) is 6.14. The Balaban J connectivity index is 1.48. The average Bonchev–Trinajstić information content (AvgIpc) is 3.36. The number of rotatable bonds is 4. The molecule has 0 aromatic heterocycles. The van der Waals surface area contributed by atoms with E-state index in [1.165, 1.54) is 25.3 Å². The van der Waals surface area contributed by atoms with Crippen LogP contribution in [-0.2, 0) is 9.59 Å². The number of imide groups is 1. The zero-order chi connectivity index (χ0) is 24.3. The van der Waals surface area contributed by atoms with Gasteiger partial charge >= 0.3 is 0 Å². The van der Waals surface area contributed by atoms with Crippen LogP contribution in [0.3, 0.4) is 0 Å². The fraction of sp³-hybridized carbons (Fsp3) is 0.185. The minimum atomic E-state index is -0.988. The number of hydrazone groups is 1. The molecule has 2 saturated heterocycles. The van der Waals surface area contributed by atoms with Crippen molar-refractivity contribution >= 4 is 29.5 Å². The number of methoxy groups -OCH3 is 1. The number of hydrogen-bond acceptors (Lipinski definition) is 6. The highest BCUT2D eigenvalue weighted by Gasteiger charge is 2.65. The Hall–Kier alpha value is -4.33. The first-order valence-electron chi connectivity index (χ1n) is 11.2. The third-order valence-corrected chi connectivity index (χ3v) is 7.00. The van der Waals surface area contributed by atoms with Crippen molar-refractivity contribution in [1.29, 1.82) is 0 Å². The zero-order valence-electron chi connectivity index (χ0n) is 18.7. The molecular weight excluding hydrogens is 449 g/mol. The fourth-order valence-electron chi connectivity index (χ4n) is 5.46. The van der Waals surface area contributed by atoms with Gasteiger partial charge in [0.15, 0.2) is 5.78 Å². The molecule has 6 rings (SSSR count). The zero-order valence-corrected chi connectivity index (χ0v) is 18.7.